The second-order valence-corrected chi connectivity index (χ2v) is 7.46. The molecule has 0 bridgehead atoms. The third kappa shape index (κ3) is 3.82. The molecule has 0 N–H and O–H groups in total. The zero-order valence-corrected chi connectivity index (χ0v) is 15.0. The van der Waals surface area contributed by atoms with Gasteiger partial charge in [0, 0.05) is 55.0 Å². The number of halogens is 2. The molecule has 0 amide bonds. The Hall–Kier alpha value is -1.59. The van der Waals surface area contributed by atoms with Crippen LogP contribution in [0.2, 0.25) is 5.15 Å². The molecule has 6 heteroatoms. The van der Waals surface area contributed by atoms with Crippen molar-refractivity contribution < 1.29 is 4.39 Å². The van der Waals surface area contributed by atoms with Crippen LogP contribution in [0.15, 0.2) is 18.5 Å². The number of pyridine rings is 1. The standard InChI is InChI=1S/C19H22ClFN4/c20-18-14(8-16(21)10-22-18)11-25-7-6-17-15(12-25)9-23-19(24-17)13-4-2-1-3-5-13/h8-10,13H,1-7,11-12H2. The zero-order valence-electron chi connectivity index (χ0n) is 14.2. The smallest absolute Gasteiger partial charge is 0.141 e. The van der Waals surface area contributed by atoms with Gasteiger partial charge in [0.25, 0.3) is 0 Å². The Morgan fingerprint density at radius 1 is 1.16 bits per heavy atom. The van der Waals surface area contributed by atoms with Gasteiger partial charge in [0.2, 0.25) is 0 Å². The summed E-state index contributed by atoms with van der Waals surface area (Å²) in [7, 11) is 0. The van der Waals surface area contributed by atoms with Crippen molar-refractivity contribution in [2.75, 3.05) is 6.54 Å². The molecule has 1 fully saturated rings. The first-order valence-corrected chi connectivity index (χ1v) is 9.44. The fourth-order valence-electron chi connectivity index (χ4n) is 3.90. The average molecular weight is 361 g/mol. The van der Waals surface area contributed by atoms with Gasteiger partial charge in [0.15, 0.2) is 0 Å². The van der Waals surface area contributed by atoms with Crippen LogP contribution >= 0.6 is 11.6 Å². The van der Waals surface area contributed by atoms with Gasteiger partial charge < -0.3 is 0 Å². The Bertz CT molecular complexity index is 761. The highest BCUT2D eigenvalue weighted by atomic mass is 35.5. The molecule has 2 aliphatic rings. The normalized spacial score (nSPS) is 19.0. The summed E-state index contributed by atoms with van der Waals surface area (Å²) in [6.07, 6.45) is 10.4. The third-order valence-electron chi connectivity index (χ3n) is 5.27. The van der Waals surface area contributed by atoms with E-state index < -0.39 is 0 Å². The minimum absolute atomic E-state index is 0.350. The highest BCUT2D eigenvalue weighted by molar-refractivity contribution is 6.30. The molecule has 0 aromatic carbocycles. The van der Waals surface area contributed by atoms with Crippen molar-refractivity contribution >= 4 is 11.6 Å². The minimum Gasteiger partial charge on any atom is -0.294 e. The Balaban J connectivity index is 1.47. The molecule has 1 saturated carbocycles. The molecule has 0 unspecified atom stereocenters. The number of fused-ring (bicyclic) bond motifs is 1. The van der Waals surface area contributed by atoms with Gasteiger partial charge >= 0.3 is 0 Å². The van der Waals surface area contributed by atoms with Crippen molar-refractivity contribution in [3.63, 3.8) is 0 Å². The van der Waals surface area contributed by atoms with Gasteiger partial charge in [-0.25, -0.2) is 19.3 Å². The molecular formula is C19H22ClFN4. The maximum absolute atomic E-state index is 13.4. The summed E-state index contributed by atoms with van der Waals surface area (Å²) in [5.74, 6) is 1.22. The first-order valence-electron chi connectivity index (χ1n) is 9.06. The summed E-state index contributed by atoms with van der Waals surface area (Å²) < 4.78 is 13.4. The lowest BCUT2D eigenvalue weighted by Gasteiger charge is -2.29. The highest BCUT2D eigenvalue weighted by Crippen LogP contribution is 2.31. The largest absolute Gasteiger partial charge is 0.294 e. The Morgan fingerprint density at radius 2 is 2.00 bits per heavy atom. The van der Waals surface area contributed by atoms with Crippen molar-refractivity contribution in [3.8, 4) is 0 Å². The second kappa shape index (κ2) is 7.34. The van der Waals surface area contributed by atoms with Gasteiger partial charge in [-0.1, -0.05) is 30.9 Å². The van der Waals surface area contributed by atoms with Gasteiger partial charge in [-0.15, -0.1) is 0 Å². The number of nitrogens with zero attached hydrogens (tertiary/aromatic N) is 4. The van der Waals surface area contributed by atoms with Crippen LogP contribution < -0.4 is 0 Å². The molecule has 4 nitrogen and oxygen atoms in total. The summed E-state index contributed by atoms with van der Waals surface area (Å²) in [5.41, 5.74) is 3.08. The summed E-state index contributed by atoms with van der Waals surface area (Å²) in [4.78, 5) is 15.7. The van der Waals surface area contributed by atoms with Crippen molar-refractivity contribution in [2.24, 2.45) is 0 Å². The molecule has 0 atom stereocenters. The second-order valence-electron chi connectivity index (χ2n) is 7.10. The fraction of sp³-hybridized carbons (Fsp3) is 0.526. The minimum atomic E-state index is -0.350. The van der Waals surface area contributed by atoms with E-state index in [2.05, 4.69) is 14.9 Å². The predicted molar refractivity (Wildman–Crippen MR) is 94.9 cm³/mol. The summed E-state index contributed by atoms with van der Waals surface area (Å²) in [5, 5.41) is 0.371. The van der Waals surface area contributed by atoms with Crippen LogP contribution in [0.25, 0.3) is 0 Å². The average Bonchev–Trinajstić information content (AvgIpc) is 2.65. The van der Waals surface area contributed by atoms with E-state index in [9.17, 15) is 4.39 Å². The van der Waals surface area contributed by atoms with Gasteiger partial charge in [0.1, 0.15) is 16.8 Å². The molecule has 0 saturated heterocycles. The number of hydrogen-bond acceptors (Lipinski definition) is 4. The first-order chi connectivity index (χ1) is 12.2. The molecule has 1 aliphatic carbocycles. The molecule has 0 spiro atoms. The third-order valence-corrected chi connectivity index (χ3v) is 5.61. The fourth-order valence-corrected chi connectivity index (χ4v) is 4.06. The van der Waals surface area contributed by atoms with Crippen LogP contribution in [0.5, 0.6) is 0 Å². The van der Waals surface area contributed by atoms with Crippen molar-refractivity contribution in [2.45, 2.75) is 57.5 Å². The first kappa shape index (κ1) is 16.9. The van der Waals surface area contributed by atoms with Gasteiger partial charge in [-0.2, -0.15) is 0 Å². The van der Waals surface area contributed by atoms with E-state index in [1.165, 1.54) is 49.4 Å². The molecule has 3 heterocycles. The molecule has 4 rings (SSSR count). The van der Waals surface area contributed by atoms with Gasteiger partial charge in [0.05, 0.1) is 6.20 Å². The Morgan fingerprint density at radius 3 is 2.84 bits per heavy atom. The van der Waals surface area contributed by atoms with Crippen LogP contribution in [0.4, 0.5) is 4.39 Å². The molecule has 0 radical (unpaired) electrons. The number of hydrogen-bond donors (Lipinski definition) is 0. The van der Waals surface area contributed by atoms with Crippen LogP contribution in [-0.4, -0.2) is 26.4 Å². The monoisotopic (exact) mass is 360 g/mol. The molecule has 25 heavy (non-hydrogen) atoms. The van der Waals surface area contributed by atoms with Crippen molar-refractivity contribution in [1.82, 2.24) is 19.9 Å². The van der Waals surface area contributed by atoms with Crippen molar-refractivity contribution in [1.29, 1.82) is 0 Å². The zero-order chi connectivity index (χ0) is 17.2. The maximum atomic E-state index is 13.4. The van der Waals surface area contributed by atoms with E-state index in [1.807, 2.05) is 6.20 Å². The molecule has 2 aromatic rings. The predicted octanol–water partition coefficient (Wildman–Crippen LogP) is 4.27. The van der Waals surface area contributed by atoms with E-state index in [4.69, 9.17) is 16.6 Å². The van der Waals surface area contributed by atoms with E-state index in [-0.39, 0.29) is 5.82 Å². The molecule has 132 valence electrons. The lowest BCUT2D eigenvalue weighted by atomic mass is 9.88. The quantitative estimate of drug-likeness (QED) is 0.766. The summed E-state index contributed by atoms with van der Waals surface area (Å²) in [6, 6.07) is 1.47. The lowest BCUT2D eigenvalue weighted by molar-refractivity contribution is 0.241. The van der Waals surface area contributed by atoms with Crippen molar-refractivity contribution in [3.05, 3.63) is 52.1 Å². The SMILES string of the molecule is Fc1cnc(Cl)c(CN2CCc3nc(C4CCCCC4)ncc3C2)c1. The lowest BCUT2D eigenvalue weighted by Crippen LogP contribution is -2.31. The van der Waals surface area contributed by atoms with Crippen LogP contribution in [0.1, 0.15) is 60.7 Å². The number of rotatable bonds is 3. The van der Waals surface area contributed by atoms with Crippen LogP contribution in [0.3, 0.4) is 0 Å². The van der Waals surface area contributed by atoms with E-state index in [0.717, 1.165) is 37.1 Å². The van der Waals surface area contributed by atoms with Crippen LogP contribution in [0, 0.1) is 5.82 Å². The molecular weight excluding hydrogens is 339 g/mol. The van der Waals surface area contributed by atoms with E-state index in [1.54, 1.807) is 0 Å². The van der Waals surface area contributed by atoms with E-state index >= 15 is 0 Å². The molecule has 2 aromatic heterocycles. The highest BCUT2D eigenvalue weighted by Gasteiger charge is 2.23. The van der Waals surface area contributed by atoms with Crippen LogP contribution in [-0.2, 0) is 19.5 Å². The summed E-state index contributed by atoms with van der Waals surface area (Å²) >= 11 is 6.09. The van der Waals surface area contributed by atoms with Gasteiger partial charge in [-0.05, 0) is 18.9 Å². The molecule has 1 aliphatic heterocycles. The Kier molecular flexibility index (Phi) is 4.95. The van der Waals surface area contributed by atoms with Gasteiger partial charge in [-0.3, -0.25) is 4.90 Å². The summed E-state index contributed by atoms with van der Waals surface area (Å²) in [6.45, 7) is 2.25. The van der Waals surface area contributed by atoms with E-state index in [0.29, 0.717) is 17.6 Å². The maximum Gasteiger partial charge on any atom is 0.141 e. The number of aromatic nitrogens is 3. The topological polar surface area (TPSA) is 41.9 Å². The Labute approximate surface area is 152 Å².